The highest BCUT2D eigenvalue weighted by atomic mass is 16.6. The number of aromatic nitrogens is 2. The number of rotatable bonds is 6. The van der Waals surface area contributed by atoms with Crippen molar-refractivity contribution in [3.63, 3.8) is 0 Å². The average Bonchev–Trinajstić information content (AvgIpc) is 3.16. The highest BCUT2D eigenvalue weighted by Gasteiger charge is 2.20. The van der Waals surface area contributed by atoms with Crippen molar-refractivity contribution in [1.29, 1.82) is 0 Å². The second-order valence-corrected chi connectivity index (χ2v) is 7.75. The Hall–Kier alpha value is -3.51. The summed E-state index contributed by atoms with van der Waals surface area (Å²) < 4.78 is 13.6. The zero-order valence-electron chi connectivity index (χ0n) is 17.6. The fourth-order valence-electron chi connectivity index (χ4n) is 4.02. The van der Waals surface area contributed by atoms with Gasteiger partial charge in [-0.05, 0) is 42.4 Å². The van der Waals surface area contributed by atoms with Crippen LogP contribution in [0.15, 0.2) is 66.9 Å². The van der Waals surface area contributed by atoms with E-state index < -0.39 is 0 Å². The number of imidazole rings is 1. The van der Waals surface area contributed by atoms with Crippen molar-refractivity contribution in [2.75, 3.05) is 25.5 Å². The molecule has 0 spiro atoms. The Morgan fingerprint density at radius 2 is 1.77 bits per heavy atom. The van der Waals surface area contributed by atoms with E-state index in [4.69, 9.17) is 20.2 Å². The molecule has 0 fully saturated rings. The maximum absolute atomic E-state index is 6.12. The molecular formula is C25H26N4O2. The minimum absolute atomic E-state index is 0.561. The average molecular weight is 415 g/mol. The Bertz CT molecular complexity index is 1200. The molecule has 3 heterocycles. The van der Waals surface area contributed by atoms with Crippen molar-refractivity contribution in [1.82, 2.24) is 14.3 Å². The molecule has 0 saturated heterocycles. The van der Waals surface area contributed by atoms with Crippen LogP contribution in [0.3, 0.4) is 0 Å². The van der Waals surface area contributed by atoms with E-state index in [9.17, 15) is 0 Å². The van der Waals surface area contributed by atoms with Crippen LogP contribution in [0, 0.1) is 0 Å². The maximum Gasteiger partial charge on any atom is 0.162 e. The molecule has 31 heavy (non-hydrogen) atoms. The van der Waals surface area contributed by atoms with Crippen molar-refractivity contribution in [3.05, 3.63) is 78.1 Å². The van der Waals surface area contributed by atoms with Crippen molar-refractivity contribution in [2.24, 2.45) is 0 Å². The summed E-state index contributed by atoms with van der Waals surface area (Å²) >= 11 is 0. The molecule has 158 valence electrons. The van der Waals surface area contributed by atoms with Gasteiger partial charge in [0.15, 0.2) is 11.5 Å². The molecule has 1 aliphatic rings. The van der Waals surface area contributed by atoms with Gasteiger partial charge in [-0.1, -0.05) is 37.3 Å². The Kier molecular flexibility index (Phi) is 5.22. The van der Waals surface area contributed by atoms with Gasteiger partial charge in [0.2, 0.25) is 0 Å². The van der Waals surface area contributed by atoms with Gasteiger partial charge in [0.25, 0.3) is 0 Å². The van der Waals surface area contributed by atoms with Crippen LogP contribution in [-0.2, 0) is 13.1 Å². The fourth-order valence-corrected chi connectivity index (χ4v) is 4.02. The second-order valence-electron chi connectivity index (χ2n) is 7.75. The molecule has 0 amide bonds. The lowest BCUT2D eigenvalue weighted by Gasteiger charge is -2.22. The molecule has 6 heteroatoms. The lowest BCUT2D eigenvalue weighted by molar-refractivity contribution is 0.171. The number of fused-ring (bicyclic) bond motifs is 2. The predicted octanol–water partition coefficient (Wildman–Crippen LogP) is 4.38. The molecule has 4 aromatic rings. The van der Waals surface area contributed by atoms with Crippen LogP contribution in [0.4, 0.5) is 5.69 Å². The molecule has 6 nitrogen and oxygen atoms in total. The summed E-state index contributed by atoms with van der Waals surface area (Å²) in [5.74, 6) is 1.55. The smallest absolute Gasteiger partial charge is 0.162 e. The SMILES string of the molecule is CCN(Cc1ccccc1)Cc1c(-c2ccc3c(c2)OCCO3)nc2ccc(N)cn12. The number of ether oxygens (including phenoxy) is 2. The summed E-state index contributed by atoms with van der Waals surface area (Å²) in [6, 6.07) is 20.4. The van der Waals surface area contributed by atoms with E-state index in [0.29, 0.717) is 18.9 Å². The van der Waals surface area contributed by atoms with Gasteiger partial charge in [-0.15, -0.1) is 0 Å². The van der Waals surface area contributed by atoms with Gasteiger partial charge in [-0.2, -0.15) is 0 Å². The molecule has 5 rings (SSSR count). The standard InChI is InChI=1S/C25H26N4O2/c1-2-28(15-18-6-4-3-5-7-18)17-21-25(27-24-11-9-20(26)16-29(21)24)19-8-10-22-23(14-19)31-13-12-30-22/h3-11,14,16H,2,12-13,15,17,26H2,1H3. The monoisotopic (exact) mass is 414 g/mol. The Balaban J connectivity index is 1.56. The van der Waals surface area contributed by atoms with E-state index in [1.807, 2.05) is 36.5 Å². The number of nitrogens with two attached hydrogens (primary N) is 1. The summed E-state index contributed by atoms with van der Waals surface area (Å²) in [7, 11) is 0. The predicted molar refractivity (Wildman–Crippen MR) is 122 cm³/mol. The lowest BCUT2D eigenvalue weighted by atomic mass is 10.1. The third-order valence-corrected chi connectivity index (χ3v) is 5.63. The van der Waals surface area contributed by atoms with Crippen molar-refractivity contribution < 1.29 is 9.47 Å². The Labute approximate surface area is 181 Å². The molecule has 0 saturated carbocycles. The lowest BCUT2D eigenvalue weighted by Crippen LogP contribution is -2.23. The van der Waals surface area contributed by atoms with E-state index in [2.05, 4.69) is 46.6 Å². The number of nitrogens with zero attached hydrogens (tertiary/aromatic N) is 3. The summed E-state index contributed by atoms with van der Waals surface area (Å²) in [6.07, 6.45) is 1.95. The molecule has 0 radical (unpaired) electrons. The first-order valence-electron chi connectivity index (χ1n) is 10.6. The number of hydrogen-bond donors (Lipinski definition) is 1. The molecule has 2 aromatic heterocycles. The number of pyridine rings is 1. The second kappa shape index (κ2) is 8.32. The molecule has 0 aliphatic carbocycles. The topological polar surface area (TPSA) is 65.0 Å². The minimum Gasteiger partial charge on any atom is -0.486 e. The van der Waals surface area contributed by atoms with E-state index in [1.54, 1.807) is 0 Å². The van der Waals surface area contributed by atoms with Gasteiger partial charge in [-0.25, -0.2) is 4.98 Å². The van der Waals surface area contributed by atoms with Crippen LogP contribution in [0.25, 0.3) is 16.9 Å². The highest BCUT2D eigenvalue weighted by Crippen LogP contribution is 2.36. The van der Waals surface area contributed by atoms with Crippen molar-refractivity contribution >= 4 is 11.3 Å². The van der Waals surface area contributed by atoms with Crippen LogP contribution in [-0.4, -0.2) is 34.0 Å². The first-order valence-corrected chi connectivity index (χ1v) is 10.6. The van der Waals surface area contributed by atoms with E-state index >= 15 is 0 Å². The quantitative estimate of drug-likeness (QED) is 0.507. The Morgan fingerprint density at radius 3 is 2.58 bits per heavy atom. The van der Waals surface area contributed by atoms with E-state index in [1.165, 1.54) is 5.56 Å². The van der Waals surface area contributed by atoms with Crippen molar-refractivity contribution in [3.8, 4) is 22.8 Å². The number of benzene rings is 2. The van der Waals surface area contributed by atoms with E-state index in [-0.39, 0.29) is 0 Å². The normalized spacial score (nSPS) is 13.1. The summed E-state index contributed by atoms with van der Waals surface area (Å²) in [6.45, 7) is 5.87. The van der Waals surface area contributed by atoms with Crippen LogP contribution in [0.2, 0.25) is 0 Å². The zero-order chi connectivity index (χ0) is 21.2. The van der Waals surface area contributed by atoms with Gasteiger partial charge >= 0.3 is 0 Å². The van der Waals surface area contributed by atoms with Crippen LogP contribution < -0.4 is 15.2 Å². The molecule has 0 unspecified atom stereocenters. The van der Waals surface area contributed by atoms with Crippen LogP contribution >= 0.6 is 0 Å². The highest BCUT2D eigenvalue weighted by molar-refractivity contribution is 5.70. The Morgan fingerprint density at radius 1 is 0.968 bits per heavy atom. The van der Waals surface area contributed by atoms with E-state index in [0.717, 1.165) is 53.7 Å². The largest absolute Gasteiger partial charge is 0.486 e. The molecule has 0 atom stereocenters. The third kappa shape index (κ3) is 3.94. The van der Waals surface area contributed by atoms with Crippen LogP contribution in [0.5, 0.6) is 11.5 Å². The molecule has 0 bridgehead atoms. The van der Waals surface area contributed by atoms with Gasteiger partial charge in [0, 0.05) is 30.5 Å². The third-order valence-electron chi connectivity index (χ3n) is 5.63. The number of nitrogen functional groups attached to an aromatic ring is 1. The summed E-state index contributed by atoms with van der Waals surface area (Å²) in [5, 5.41) is 0. The first kappa shape index (κ1) is 19.5. The van der Waals surface area contributed by atoms with Gasteiger partial charge < -0.3 is 19.6 Å². The first-order chi connectivity index (χ1) is 15.2. The minimum atomic E-state index is 0.561. The number of anilines is 1. The summed E-state index contributed by atoms with van der Waals surface area (Å²) in [4.78, 5) is 7.36. The van der Waals surface area contributed by atoms with Crippen LogP contribution in [0.1, 0.15) is 18.2 Å². The van der Waals surface area contributed by atoms with Crippen molar-refractivity contribution in [2.45, 2.75) is 20.0 Å². The van der Waals surface area contributed by atoms with Gasteiger partial charge in [-0.3, -0.25) is 4.90 Å². The molecule has 2 aromatic carbocycles. The molecule has 2 N–H and O–H groups in total. The van der Waals surface area contributed by atoms with Gasteiger partial charge in [0.1, 0.15) is 18.9 Å². The molecular weight excluding hydrogens is 388 g/mol. The summed E-state index contributed by atoms with van der Waals surface area (Å²) in [5.41, 5.74) is 12.1. The maximum atomic E-state index is 6.12. The number of hydrogen-bond acceptors (Lipinski definition) is 5. The molecule has 1 aliphatic heterocycles. The zero-order valence-corrected chi connectivity index (χ0v) is 17.6. The fraction of sp³-hybridized carbons (Fsp3) is 0.240. The van der Waals surface area contributed by atoms with Gasteiger partial charge in [0.05, 0.1) is 11.4 Å².